The zero-order valence-electron chi connectivity index (χ0n) is 18.5. The van der Waals surface area contributed by atoms with Crippen LogP contribution in [0.5, 0.6) is 11.5 Å². The maximum absolute atomic E-state index is 13.0. The van der Waals surface area contributed by atoms with Crippen LogP contribution in [-0.4, -0.2) is 68.1 Å². The molecule has 170 valence electrons. The van der Waals surface area contributed by atoms with Crippen molar-refractivity contribution >= 4 is 11.8 Å². The maximum atomic E-state index is 13.0. The highest BCUT2D eigenvalue weighted by atomic mass is 16.5. The molecule has 2 aromatic carbocycles. The van der Waals surface area contributed by atoms with E-state index in [0.717, 1.165) is 5.56 Å². The summed E-state index contributed by atoms with van der Waals surface area (Å²) in [4.78, 5) is 29.4. The minimum absolute atomic E-state index is 0.0501. The normalized spacial score (nSPS) is 20.8. The predicted molar refractivity (Wildman–Crippen MR) is 120 cm³/mol. The molecule has 2 fully saturated rings. The number of carbonyl (C=O) groups excluding carboxylic acids is 2. The fourth-order valence-electron chi connectivity index (χ4n) is 4.30. The Labute approximate surface area is 188 Å². The molecule has 2 aliphatic rings. The van der Waals surface area contributed by atoms with Gasteiger partial charge in [-0.15, -0.1) is 0 Å². The maximum Gasteiger partial charge on any atom is 0.241 e. The Kier molecular flexibility index (Phi) is 6.92. The lowest BCUT2D eigenvalue weighted by atomic mass is 10.0. The Morgan fingerprint density at radius 1 is 0.906 bits per heavy atom. The van der Waals surface area contributed by atoms with E-state index in [1.54, 1.807) is 14.2 Å². The van der Waals surface area contributed by atoms with Crippen LogP contribution >= 0.6 is 0 Å². The second kappa shape index (κ2) is 10.0. The van der Waals surface area contributed by atoms with Crippen LogP contribution in [-0.2, 0) is 16.0 Å². The molecule has 0 saturated carbocycles. The van der Waals surface area contributed by atoms with Crippen molar-refractivity contribution in [1.29, 1.82) is 0 Å². The number of amides is 2. The highest BCUT2D eigenvalue weighted by Gasteiger charge is 2.34. The number of piperazine rings is 1. The fourth-order valence-corrected chi connectivity index (χ4v) is 4.30. The monoisotopic (exact) mass is 438 g/mol. The molecule has 2 aliphatic heterocycles. The topological polar surface area (TPSA) is 83.1 Å². The Bertz CT molecular complexity index is 944. The van der Waals surface area contributed by atoms with Gasteiger partial charge in [0.25, 0.3) is 0 Å². The summed E-state index contributed by atoms with van der Waals surface area (Å²) in [7, 11) is 3.17. The van der Waals surface area contributed by atoms with E-state index in [1.807, 2.05) is 46.2 Å². The van der Waals surface area contributed by atoms with Gasteiger partial charge in [0.05, 0.1) is 20.6 Å². The van der Waals surface area contributed by atoms with Crippen molar-refractivity contribution in [1.82, 2.24) is 20.7 Å². The van der Waals surface area contributed by atoms with Crippen LogP contribution in [0, 0.1) is 0 Å². The van der Waals surface area contributed by atoms with E-state index in [0.29, 0.717) is 50.5 Å². The Morgan fingerprint density at radius 3 is 2.28 bits per heavy atom. The van der Waals surface area contributed by atoms with Gasteiger partial charge in [-0.3, -0.25) is 9.59 Å². The van der Waals surface area contributed by atoms with E-state index in [1.165, 1.54) is 5.56 Å². The van der Waals surface area contributed by atoms with Gasteiger partial charge in [-0.25, -0.2) is 10.9 Å². The molecule has 2 N–H and O–H groups in total. The summed E-state index contributed by atoms with van der Waals surface area (Å²) >= 11 is 0. The van der Waals surface area contributed by atoms with Crippen molar-refractivity contribution in [2.75, 3.05) is 40.4 Å². The molecule has 4 rings (SSSR count). The number of nitrogens with one attached hydrogen (secondary N) is 2. The zero-order chi connectivity index (χ0) is 22.5. The Hall–Kier alpha value is -3.10. The fraction of sp³-hybridized carbons (Fsp3) is 0.417. The molecular formula is C24H30N4O4. The minimum Gasteiger partial charge on any atom is -0.493 e. The molecule has 32 heavy (non-hydrogen) atoms. The summed E-state index contributed by atoms with van der Waals surface area (Å²) in [6.45, 7) is 2.18. The Balaban J connectivity index is 1.27. The standard InChI is InChI=1S/C24H30N4O4/c1-31-21-9-8-17(14-22(21)32-2)15-23(29)27-10-12-28(13-11-27)24(30)20-16-19(25-26-20)18-6-4-3-5-7-18/h3-9,14,19-20,25-26H,10-13,15-16H2,1-2H3. The summed E-state index contributed by atoms with van der Waals surface area (Å²) < 4.78 is 10.6. The summed E-state index contributed by atoms with van der Waals surface area (Å²) in [5.74, 6) is 1.39. The quantitative estimate of drug-likeness (QED) is 0.712. The van der Waals surface area contributed by atoms with E-state index in [2.05, 4.69) is 23.0 Å². The number of nitrogens with zero attached hydrogens (tertiary/aromatic N) is 2. The van der Waals surface area contributed by atoms with Gasteiger partial charge in [-0.1, -0.05) is 36.4 Å². The van der Waals surface area contributed by atoms with Crippen LogP contribution in [0.15, 0.2) is 48.5 Å². The van der Waals surface area contributed by atoms with Gasteiger partial charge in [0, 0.05) is 32.2 Å². The zero-order valence-corrected chi connectivity index (χ0v) is 18.5. The molecule has 2 atom stereocenters. The Morgan fingerprint density at radius 2 is 1.59 bits per heavy atom. The second-order valence-electron chi connectivity index (χ2n) is 8.11. The minimum atomic E-state index is -0.255. The van der Waals surface area contributed by atoms with Crippen molar-refractivity contribution in [3.8, 4) is 11.5 Å². The van der Waals surface area contributed by atoms with E-state index in [9.17, 15) is 9.59 Å². The summed E-state index contributed by atoms with van der Waals surface area (Å²) in [5, 5.41) is 0. The van der Waals surface area contributed by atoms with Gasteiger partial charge in [0.2, 0.25) is 11.8 Å². The van der Waals surface area contributed by atoms with Gasteiger partial charge in [0.15, 0.2) is 11.5 Å². The number of rotatable bonds is 6. The third kappa shape index (κ3) is 4.87. The molecule has 0 spiro atoms. The number of carbonyl (C=O) groups is 2. The smallest absolute Gasteiger partial charge is 0.241 e. The predicted octanol–water partition coefficient (Wildman–Crippen LogP) is 1.52. The third-order valence-corrected chi connectivity index (χ3v) is 6.15. The van der Waals surface area contributed by atoms with Gasteiger partial charge in [-0.2, -0.15) is 0 Å². The molecule has 2 heterocycles. The number of hydrogen-bond acceptors (Lipinski definition) is 6. The molecule has 0 aliphatic carbocycles. The molecule has 0 radical (unpaired) electrons. The highest BCUT2D eigenvalue weighted by molar-refractivity contribution is 5.83. The van der Waals surface area contributed by atoms with Crippen LogP contribution in [0.1, 0.15) is 23.6 Å². The number of benzene rings is 2. The first-order valence-corrected chi connectivity index (χ1v) is 10.9. The molecule has 2 aromatic rings. The lowest BCUT2D eigenvalue weighted by molar-refractivity contribution is -0.140. The van der Waals surface area contributed by atoms with Gasteiger partial charge < -0.3 is 19.3 Å². The van der Waals surface area contributed by atoms with Crippen molar-refractivity contribution in [3.05, 3.63) is 59.7 Å². The van der Waals surface area contributed by atoms with Gasteiger partial charge in [-0.05, 0) is 29.7 Å². The average molecular weight is 439 g/mol. The SMILES string of the molecule is COc1ccc(CC(=O)N2CCN(C(=O)C3CC(c4ccccc4)NN3)CC2)cc1OC. The first-order valence-electron chi connectivity index (χ1n) is 10.9. The molecule has 2 amide bonds. The first kappa shape index (κ1) is 22.1. The average Bonchev–Trinajstić information content (AvgIpc) is 3.34. The molecule has 8 heteroatoms. The molecular weight excluding hydrogens is 408 g/mol. The molecule has 0 aromatic heterocycles. The lowest BCUT2D eigenvalue weighted by Crippen LogP contribution is -2.54. The highest BCUT2D eigenvalue weighted by Crippen LogP contribution is 2.28. The largest absolute Gasteiger partial charge is 0.493 e. The van der Waals surface area contributed by atoms with E-state index in [-0.39, 0.29) is 23.9 Å². The van der Waals surface area contributed by atoms with E-state index in [4.69, 9.17) is 9.47 Å². The molecule has 2 unspecified atom stereocenters. The van der Waals surface area contributed by atoms with Crippen LogP contribution in [0.25, 0.3) is 0 Å². The number of hydrogen-bond donors (Lipinski definition) is 2. The molecule has 0 bridgehead atoms. The van der Waals surface area contributed by atoms with E-state index < -0.39 is 0 Å². The van der Waals surface area contributed by atoms with Gasteiger partial charge >= 0.3 is 0 Å². The molecule has 2 saturated heterocycles. The lowest BCUT2D eigenvalue weighted by Gasteiger charge is -2.36. The van der Waals surface area contributed by atoms with Crippen molar-refractivity contribution < 1.29 is 19.1 Å². The van der Waals surface area contributed by atoms with Crippen LogP contribution in [0.4, 0.5) is 0 Å². The van der Waals surface area contributed by atoms with Crippen molar-refractivity contribution in [3.63, 3.8) is 0 Å². The first-order chi connectivity index (χ1) is 15.6. The summed E-state index contributed by atoms with van der Waals surface area (Å²) in [6, 6.07) is 15.5. The third-order valence-electron chi connectivity index (χ3n) is 6.15. The number of ether oxygens (including phenoxy) is 2. The van der Waals surface area contributed by atoms with Crippen LogP contribution < -0.4 is 20.3 Å². The van der Waals surface area contributed by atoms with Crippen LogP contribution in [0.2, 0.25) is 0 Å². The van der Waals surface area contributed by atoms with Crippen molar-refractivity contribution in [2.24, 2.45) is 0 Å². The van der Waals surface area contributed by atoms with Crippen molar-refractivity contribution in [2.45, 2.75) is 24.9 Å². The molecule has 8 nitrogen and oxygen atoms in total. The second-order valence-corrected chi connectivity index (χ2v) is 8.11. The van der Waals surface area contributed by atoms with Gasteiger partial charge in [0.1, 0.15) is 6.04 Å². The van der Waals surface area contributed by atoms with Crippen LogP contribution in [0.3, 0.4) is 0 Å². The number of hydrazine groups is 1. The summed E-state index contributed by atoms with van der Waals surface area (Å²) in [5.41, 5.74) is 8.42. The summed E-state index contributed by atoms with van der Waals surface area (Å²) in [6.07, 6.45) is 1.00. The number of methoxy groups -OCH3 is 2. The van der Waals surface area contributed by atoms with E-state index >= 15 is 0 Å².